The van der Waals surface area contributed by atoms with E-state index in [0.717, 1.165) is 21.3 Å². The van der Waals surface area contributed by atoms with Crippen LogP contribution < -0.4 is 5.32 Å². The molecule has 28 heavy (non-hydrogen) atoms. The lowest BCUT2D eigenvalue weighted by Crippen LogP contribution is -2.16. The Morgan fingerprint density at radius 1 is 1.21 bits per heavy atom. The van der Waals surface area contributed by atoms with Crippen LogP contribution >= 0.6 is 27.7 Å². The van der Waals surface area contributed by atoms with Crippen molar-refractivity contribution in [1.82, 2.24) is 14.8 Å². The molecule has 1 aromatic heterocycles. The van der Waals surface area contributed by atoms with E-state index < -0.39 is 0 Å². The highest BCUT2D eigenvalue weighted by Crippen LogP contribution is 2.27. The van der Waals surface area contributed by atoms with E-state index in [2.05, 4.69) is 31.4 Å². The molecule has 0 atom stereocenters. The van der Waals surface area contributed by atoms with Gasteiger partial charge in [-0.1, -0.05) is 39.8 Å². The Hall–Kier alpha value is -2.19. The highest BCUT2D eigenvalue weighted by Gasteiger charge is 2.17. The molecule has 0 aliphatic heterocycles. The van der Waals surface area contributed by atoms with Crippen molar-refractivity contribution in [3.8, 4) is 11.4 Å². The van der Waals surface area contributed by atoms with Crippen LogP contribution in [0, 0.1) is 19.7 Å². The lowest BCUT2D eigenvalue weighted by Gasteiger charge is -2.12. The van der Waals surface area contributed by atoms with Crippen molar-refractivity contribution in [2.24, 2.45) is 0 Å². The van der Waals surface area contributed by atoms with Gasteiger partial charge in [0, 0.05) is 16.7 Å². The van der Waals surface area contributed by atoms with Crippen molar-refractivity contribution in [3.05, 3.63) is 57.8 Å². The van der Waals surface area contributed by atoms with Gasteiger partial charge in [-0.3, -0.25) is 4.79 Å². The smallest absolute Gasteiger partial charge is 0.234 e. The van der Waals surface area contributed by atoms with Crippen LogP contribution in [0.4, 0.5) is 10.1 Å². The molecule has 3 rings (SSSR count). The van der Waals surface area contributed by atoms with Gasteiger partial charge in [0.25, 0.3) is 0 Å². The van der Waals surface area contributed by atoms with Crippen LogP contribution in [0.15, 0.2) is 46.0 Å². The van der Waals surface area contributed by atoms with E-state index in [0.29, 0.717) is 23.1 Å². The molecule has 8 heteroatoms. The maximum Gasteiger partial charge on any atom is 0.234 e. The van der Waals surface area contributed by atoms with Gasteiger partial charge in [0.05, 0.1) is 11.3 Å². The number of aromatic nitrogens is 3. The molecule has 146 valence electrons. The number of carbonyl (C=O) groups excluding carboxylic acids is 1. The second-order valence-electron chi connectivity index (χ2n) is 6.28. The second kappa shape index (κ2) is 8.87. The molecule has 1 heterocycles. The third kappa shape index (κ3) is 4.44. The Balaban J connectivity index is 1.73. The van der Waals surface area contributed by atoms with Crippen LogP contribution in [0.3, 0.4) is 0 Å². The topological polar surface area (TPSA) is 59.8 Å². The molecule has 0 aliphatic rings. The molecule has 1 N–H and O–H groups in total. The maximum atomic E-state index is 14.1. The number of nitrogens with one attached hydrogen (secondary N) is 1. The lowest BCUT2D eigenvalue weighted by molar-refractivity contribution is -0.113. The summed E-state index contributed by atoms with van der Waals surface area (Å²) in [6, 6.07) is 10.4. The van der Waals surface area contributed by atoms with Crippen molar-refractivity contribution < 1.29 is 9.18 Å². The van der Waals surface area contributed by atoms with E-state index in [-0.39, 0.29) is 17.5 Å². The summed E-state index contributed by atoms with van der Waals surface area (Å²) in [6.07, 6.45) is 0. The van der Waals surface area contributed by atoms with Gasteiger partial charge in [-0.25, -0.2) is 4.39 Å². The van der Waals surface area contributed by atoms with Gasteiger partial charge >= 0.3 is 0 Å². The molecule has 0 aliphatic carbocycles. The number of hydrogen-bond donors (Lipinski definition) is 1. The fraction of sp³-hybridized carbons (Fsp3) is 0.250. The number of rotatable bonds is 6. The Kier molecular flexibility index (Phi) is 6.51. The molecule has 0 saturated heterocycles. The number of anilines is 1. The third-order valence-corrected chi connectivity index (χ3v) is 5.67. The molecule has 0 unspecified atom stereocenters. The molecule has 0 bridgehead atoms. The Morgan fingerprint density at radius 3 is 2.54 bits per heavy atom. The standard InChI is InChI=1S/C20H20BrFN4OS/c1-4-26-19(15-7-5-6-8-16(15)22)24-25-20(26)28-11-17(27)23-18-12(2)9-14(21)10-13(18)3/h5-10H,4,11H2,1-3H3,(H,23,27). The average Bonchev–Trinajstić information content (AvgIpc) is 3.06. The number of carbonyl (C=O) groups is 1. The monoisotopic (exact) mass is 462 g/mol. The van der Waals surface area contributed by atoms with Gasteiger partial charge in [-0.15, -0.1) is 10.2 Å². The second-order valence-corrected chi connectivity index (χ2v) is 8.14. The summed E-state index contributed by atoms with van der Waals surface area (Å²) in [5.74, 6) is 0.171. The van der Waals surface area contributed by atoms with Gasteiger partial charge < -0.3 is 9.88 Å². The summed E-state index contributed by atoms with van der Waals surface area (Å²) in [6.45, 7) is 6.42. The first kappa shape index (κ1) is 20.5. The molecule has 2 aromatic carbocycles. The van der Waals surface area contributed by atoms with Crippen LogP contribution in [0.5, 0.6) is 0 Å². The van der Waals surface area contributed by atoms with Crippen LogP contribution in [0.1, 0.15) is 18.1 Å². The number of aryl methyl sites for hydroxylation is 2. The first-order valence-electron chi connectivity index (χ1n) is 8.78. The van der Waals surface area contributed by atoms with E-state index in [1.165, 1.54) is 17.8 Å². The summed E-state index contributed by atoms with van der Waals surface area (Å²) < 4.78 is 16.9. The predicted molar refractivity (Wildman–Crippen MR) is 114 cm³/mol. The summed E-state index contributed by atoms with van der Waals surface area (Å²) >= 11 is 4.74. The SMILES string of the molecule is CCn1c(SCC(=O)Nc2c(C)cc(Br)cc2C)nnc1-c1ccccc1F. The molecule has 0 fully saturated rings. The molecule has 3 aromatic rings. The maximum absolute atomic E-state index is 14.1. The fourth-order valence-corrected chi connectivity index (χ4v) is 4.42. The van der Waals surface area contributed by atoms with E-state index in [4.69, 9.17) is 0 Å². The quantitative estimate of drug-likeness (QED) is 0.510. The summed E-state index contributed by atoms with van der Waals surface area (Å²) in [5, 5.41) is 11.8. The van der Waals surface area contributed by atoms with Crippen molar-refractivity contribution in [3.63, 3.8) is 0 Å². The van der Waals surface area contributed by atoms with Crippen LogP contribution in [-0.2, 0) is 11.3 Å². The number of amides is 1. The summed E-state index contributed by atoms with van der Waals surface area (Å²) in [4.78, 5) is 12.4. The largest absolute Gasteiger partial charge is 0.325 e. The number of halogens is 2. The zero-order chi connectivity index (χ0) is 20.3. The molecular formula is C20H20BrFN4OS. The number of nitrogens with zero attached hydrogens (tertiary/aromatic N) is 3. The van der Waals surface area contributed by atoms with Crippen molar-refractivity contribution >= 4 is 39.3 Å². The zero-order valence-corrected chi connectivity index (χ0v) is 18.2. The lowest BCUT2D eigenvalue weighted by atomic mass is 10.1. The molecule has 1 amide bonds. The fourth-order valence-electron chi connectivity index (χ4n) is 2.94. The molecule has 0 spiro atoms. The molecule has 0 radical (unpaired) electrons. The zero-order valence-electron chi connectivity index (χ0n) is 15.8. The average molecular weight is 463 g/mol. The van der Waals surface area contributed by atoms with Crippen LogP contribution in [-0.4, -0.2) is 26.4 Å². The molecule has 0 saturated carbocycles. The Labute approximate surface area is 175 Å². The highest BCUT2D eigenvalue weighted by atomic mass is 79.9. The minimum Gasteiger partial charge on any atom is -0.325 e. The van der Waals surface area contributed by atoms with Crippen molar-refractivity contribution in [1.29, 1.82) is 0 Å². The van der Waals surface area contributed by atoms with E-state index in [9.17, 15) is 9.18 Å². The van der Waals surface area contributed by atoms with E-state index in [1.54, 1.807) is 18.2 Å². The number of thioether (sulfide) groups is 1. The number of benzene rings is 2. The summed E-state index contributed by atoms with van der Waals surface area (Å²) in [5.41, 5.74) is 3.19. The Bertz CT molecular complexity index is 998. The van der Waals surface area contributed by atoms with Gasteiger partial charge in [-0.2, -0.15) is 0 Å². The Morgan fingerprint density at radius 2 is 1.89 bits per heavy atom. The van der Waals surface area contributed by atoms with Gasteiger partial charge in [-0.05, 0) is 56.2 Å². The van der Waals surface area contributed by atoms with Gasteiger partial charge in [0.1, 0.15) is 5.82 Å². The first-order chi connectivity index (χ1) is 13.4. The predicted octanol–water partition coefficient (Wildman–Crippen LogP) is 5.21. The normalized spacial score (nSPS) is 10.9. The van der Waals surface area contributed by atoms with E-state index in [1.807, 2.05) is 37.5 Å². The third-order valence-electron chi connectivity index (χ3n) is 4.24. The first-order valence-corrected chi connectivity index (χ1v) is 10.6. The van der Waals surface area contributed by atoms with Crippen LogP contribution in [0.2, 0.25) is 0 Å². The van der Waals surface area contributed by atoms with Gasteiger partial charge in [0.15, 0.2) is 11.0 Å². The molecule has 5 nitrogen and oxygen atoms in total. The minimum absolute atomic E-state index is 0.128. The number of hydrogen-bond acceptors (Lipinski definition) is 4. The van der Waals surface area contributed by atoms with E-state index >= 15 is 0 Å². The molecular weight excluding hydrogens is 443 g/mol. The van der Waals surface area contributed by atoms with Crippen molar-refractivity contribution in [2.45, 2.75) is 32.5 Å². The summed E-state index contributed by atoms with van der Waals surface area (Å²) in [7, 11) is 0. The van der Waals surface area contributed by atoms with Crippen LogP contribution in [0.25, 0.3) is 11.4 Å². The van der Waals surface area contributed by atoms with Gasteiger partial charge in [0.2, 0.25) is 5.91 Å². The minimum atomic E-state index is -0.347. The highest BCUT2D eigenvalue weighted by molar-refractivity contribution is 9.10. The van der Waals surface area contributed by atoms with Crippen molar-refractivity contribution in [2.75, 3.05) is 11.1 Å².